The lowest BCUT2D eigenvalue weighted by Gasteiger charge is -2.45. The molecule has 0 unspecified atom stereocenters. The maximum absolute atomic E-state index is 12.3. The van der Waals surface area contributed by atoms with E-state index in [1.54, 1.807) is 0 Å². The van der Waals surface area contributed by atoms with Crippen LogP contribution in [0.15, 0.2) is 71.7 Å². The second kappa shape index (κ2) is 7.28. The van der Waals surface area contributed by atoms with Crippen molar-refractivity contribution in [2.45, 2.75) is 18.4 Å². The number of nitrogens with one attached hydrogen (secondary N) is 1. The smallest absolute Gasteiger partial charge is 0.412 e. The van der Waals surface area contributed by atoms with Crippen LogP contribution >= 0.6 is 11.6 Å². The van der Waals surface area contributed by atoms with Crippen molar-refractivity contribution in [1.82, 2.24) is 4.90 Å². The fraction of sp³-hybridized carbons (Fsp3) is 0.200. The zero-order valence-corrected chi connectivity index (χ0v) is 17.9. The summed E-state index contributed by atoms with van der Waals surface area (Å²) in [6.45, 7) is 1.35. The van der Waals surface area contributed by atoms with Gasteiger partial charge in [0.05, 0.1) is 11.3 Å². The van der Waals surface area contributed by atoms with Gasteiger partial charge in [0.25, 0.3) is 0 Å². The van der Waals surface area contributed by atoms with E-state index in [1.165, 1.54) is 0 Å². The summed E-state index contributed by atoms with van der Waals surface area (Å²) in [5, 5.41) is 3.44. The minimum atomic E-state index is -0.633. The van der Waals surface area contributed by atoms with Gasteiger partial charge in [0, 0.05) is 36.5 Å². The molecule has 160 valence electrons. The van der Waals surface area contributed by atoms with Gasteiger partial charge < -0.3 is 14.4 Å². The molecule has 6 nitrogen and oxygen atoms in total. The van der Waals surface area contributed by atoms with Gasteiger partial charge in [-0.3, -0.25) is 5.32 Å². The Balaban J connectivity index is 1.38. The van der Waals surface area contributed by atoms with E-state index in [9.17, 15) is 4.79 Å². The number of fused-ring (bicyclic) bond motifs is 4. The number of nitrogens with zero attached hydrogens (tertiary/aromatic N) is 2. The highest BCUT2D eigenvalue weighted by Crippen LogP contribution is 2.45. The number of aliphatic imine (C=N–C) groups is 1. The molecule has 0 radical (unpaired) electrons. The SMILES string of the molecule is O=C1Nc2ccccc2C2(CCN(C3=Nc4ccccc4Oc4ccc(Cl)cc43)CC2)O1. The second-order valence-corrected chi connectivity index (χ2v) is 8.62. The number of piperidine rings is 1. The molecule has 1 fully saturated rings. The number of amidine groups is 1. The third-order valence-electron chi connectivity index (χ3n) is 6.31. The summed E-state index contributed by atoms with van der Waals surface area (Å²) in [6.07, 6.45) is 0.924. The van der Waals surface area contributed by atoms with E-state index in [-0.39, 0.29) is 0 Å². The van der Waals surface area contributed by atoms with Crippen molar-refractivity contribution in [2.75, 3.05) is 18.4 Å². The van der Waals surface area contributed by atoms with Gasteiger partial charge >= 0.3 is 6.09 Å². The van der Waals surface area contributed by atoms with Gasteiger partial charge in [0.2, 0.25) is 0 Å². The highest BCUT2D eigenvalue weighted by atomic mass is 35.5. The molecule has 0 bridgehead atoms. The van der Waals surface area contributed by atoms with Crippen LogP contribution in [0.4, 0.5) is 16.2 Å². The number of rotatable bonds is 0. The van der Waals surface area contributed by atoms with E-state index in [2.05, 4.69) is 10.2 Å². The number of para-hydroxylation sites is 3. The fourth-order valence-electron chi connectivity index (χ4n) is 4.74. The van der Waals surface area contributed by atoms with Crippen LogP contribution in [-0.4, -0.2) is 29.9 Å². The van der Waals surface area contributed by atoms with Crippen molar-refractivity contribution in [2.24, 2.45) is 4.99 Å². The monoisotopic (exact) mass is 445 g/mol. The van der Waals surface area contributed by atoms with Crippen molar-refractivity contribution in [3.63, 3.8) is 0 Å². The first kappa shape index (κ1) is 19.2. The predicted molar refractivity (Wildman–Crippen MR) is 123 cm³/mol. The van der Waals surface area contributed by atoms with Crippen LogP contribution in [0.3, 0.4) is 0 Å². The number of hydrogen-bond donors (Lipinski definition) is 1. The minimum Gasteiger partial charge on any atom is -0.454 e. The Hall–Kier alpha value is -3.51. The number of amides is 1. The first-order valence-electron chi connectivity index (χ1n) is 10.6. The Morgan fingerprint density at radius 3 is 2.62 bits per heavy atom. The Labute approximate surface area is 190 Å². The summed E-state index contributed by atoms with van der Waals surface area (Å²) in [6, 6.07) is 21.2. The van der Waals surface area contributed by atoms with E-state index in [0.29, 0.717) is 36.7 Å². The summed E-state index contributed by atoms with van der Waals surface area (Å²) < 4.78 is 12.1. The summed E-state index contributed by atoms with van der Waals surface area (Å²) in [7, 11) is 0. The Kier molecular flexibility index (Phi) is 4.36. The second-order valence-electron chi connectivity index (χ2n) is 8.19. The van der Waals surface area contributed by atoms with Crippen LogP contribution in [-0.2, 0) is 10.3 Å². The molecule has 1 N–H and O–H groups in total. The van der Waals surface area contributed by atoms with Crippen LogP contribution in [0, 0.1) is 0 Å². The number of benzene rings is 3. The summed E-state index contributed by atoms with van der Waals surface area (Å²) in [4.78, 5) is 19.5. The highest BCUT2D eigenvalue weighted by Gasteiger charge is 2.45. The number of hydrogen-bond acceptors (Lipinski definition) is 5. The molecule has 3 aromatic carbocycles. The van der Waals surface area contributed by atoms with Gasteiger partial charge in [-0.25, -0.2) is 9.79 Å². The zero-order valence-electron chi connectivity index (χ0n) is 17.2. The van der Waals surface area contributed by atoms with Crippen molar-refractivity contribution in [3.8, 4) is 11.5 Å². The molecule has 0 aliphatic carbocycles. The molecule has 1 spiro atoms. The molecule has 1 saturated heterocycles. The summed E-state index contributed by atoms with van der Waals surface area (Å²) in [5.41, 5.74) is 2.84. The standard InChI is InChI=1S/C25H20ClN3O3/c26-16-9-10-21-17(15-16)23(27-20-7-3-4-8-22(20)31-21)29-13-11-25(12-14-29)18-5-1-2-6-19(18)28-24(30)32-25/h1-10,15H,11-14H2,(H,28,30). The molecule has 3 aliphatic heterocycles. The van der Waals surface area contributed by atoms with Crippen molar-refractivity contribution >= 4 is 34.9 Å². The first-order chi connectivity index (χ1) is 15.6. The molecule has 1 amide bonds. The number of halogens is 1. The van der Waals surface area contributed by atoms with Crippen molar-refractivity contribution in [1.29, 1.82) is 0 Å². The van der Waals surface area contributed by atoms with Crippen LogP contribution in [0.1, 0.15) is 24.0 Å². The molecule has 0 aromatic heterocycles. The lowest BCUT2D eigenvalue weighted by atomic mass is 9.82. The molecule has 3 aliphatic rings. The van der Waals surface area contributed by atoms with E-state index in [1.807, 2.05) is 66.7 Å². The van der Waals surface area contributed by atoms with Crippen molar-refractivity contribution in [3.05, 3.63) is 82.9 Å². The zero-order chi connectivity index (χ0) is 21.7. The topological polar surface area (TPSA) is 63.2 Å². The van der Waals surface area contributed by atoms with Gasteiger partial charge in [-0.05, 0) is 36.4 Å². The van der Waals surface area contributed by atoms with Crippen LogP contribution in [0.5, 0.6) is 11.5 Å². The van der Waals surface area contributed by atoms with E-state index in [4.69, 9.17) is 26.1 Å². The molecule has 0 saturated carbocycles. The third kappa shape index (κ3) is 3.10. The Bertz CT molecular complexity index is 1260. The van der Waals surface area contributed by atoms with Crippen LogP contribution in [0.2, 0.25) is 5.02 Å². The maximum atomic E-state index is 12.3. The minimum absolute atomic E-state index is 0.400. The van der Waals surface area contributed by atoms with Gasteiger partial charge in [0.1, 0.15) is 22.9 Å². The lowest BCUT2D eigenvalue weighted by Crippen LogP contribution is -2.49. The molecule has 3 aromatic rings. The molecule has 0 atom stereocenters. The molecule has 32 heavy (non-hydrogen) atoms. The van der Waals surface area contributed by atoms with E-state index < -0.39 is 11.7 Å². The molecule has 6 rings (SSSR count). The molecular weight excluding hydrogens is 426 g/mol. The third-order valence-corrected chi connectivity index (χ3v) is 6.54. The normalized spacial score (nSPS) is 18.2. The average molecular weight is 446 g/mol. The van der Waals surface area contributed by atoms with E-state index in [0.717, 1.165) is 34.1 Å². The number of carbonyl (C=O) groups is 1. The van der Waals surface area contributed by atoms with Gasteiger partial charge in [-0.15, -0.1) is 0 Å². The molecular formula is C25H20ClN3O3. The Morgan fingerprint density at radius 2 is 1.75 bits per heavy atom. The lowest BCUT2D eigenvalue weighted by molar-refractivity contribution is -0.0267. The highest BCUT2D eigenvalue weighted by molar-refractivity contribution is 6.31. The van der Waals surface area contributed by atoms with Crippen LogP contribution in [0.25, 0.3) is 0 Å². The first-order valence-corrected chi connectivity index (χ1v) is 11.0. The molecule has 7 heteroatoms. The summed E-state index contributed by atoms with van der Waals surface area (Å²) >= 11 is 6.34. The van der Waals surface area contributed by atoms with Crippen LogP contribution < -0.4 is 10.1 Å². The fourth-order valence-corrected chi connectivity index (χ4v) is 4.92. The van der Waals surface area contributed by atoms with E-state index >= 15 is 0 Å². The molecule has 3 heterocycles. The Morgan fingerprint density at radius 1 is 0.969 bits per heavy atom. The van der Waals surface area contributed by atoms with Gasteiger partial charge in [0.15, 0.2) is 5.75 Å². The maximum Gasteiger partial charge on any atom is 0.412 e. The van der Waals surface area contributed by atoms with Gasteiger partial charge in [-0.2, -0.15) is 0 Å². The van der Waals surface area contributed by atoms with Crippen molar-refractivity contribution < 1.29 is 14.3 Å². The quantitative estimate of drug-likeness (QED) is 0.455. The number of likely N-dealkylation sites (tertiary alicyclic amines) is 1. The number of anilines is 1. The van der Waals surface area contributed by atoms with Gasteiger partial charge in [-0.1, -0.05) is 41.9 Å². The largest absolute Gasteiger partial charge is 0.454 e. The summed E-state index contributed by atoms with van der Waals surface area (Å²) in [5.74, 6) is 2.24. The number of carbonyl (C=O) groups excluding carboxylic acids is 1. The average Bonchev–Trinajstić information content (AvgIpc) is 2.96. The number of ether oxygens (including phenoxy) is 2. The predicted octanol–water partition coefficient (Wildman–Crippen LogP) is 6.08.